The molecule has 0 bridgehead atoms. The summed E-state index contributed by atoms with van der Waals surface area (Å²) in [6, 6.07) is 9.09. The Kier molecular flexibility index (Phi) is 5.13. The maximum Gasteiger partial charge on any atom is 0.0935 e. The van der Waals surface area contributed by atoms with Crippen LogP contribution in [0.4, 0.5) is 0 Å². The second-order valence-electron chi connectivity index (χ2n) is 12.9. The third-order valence-electron chi connectivity index (χ3n) is 5.98. The first-order valence-corrected chi connectivity index (χ1v) is 11.2. The number of nitrogens with zero attached hydrogens (tertiary/aromatic N) is 2. The summed E-state index contributed by atoms with van der Waals surface area (Å²) in [7, 11) is 0. The maximum absolute atomic E-state index is 5.40. The minimum absolute atomic E-state index is 0.000550. The number of aromatic nitrogens is 2. The van der Waals surface area contributed by atoms with Crippen LogP contribution in [0.15, 0.2) is 24.3 Å². The normalized spacial score (nSPS) is 14.0. The van der Waals surface area contributed by atoms with Crippen molar-refractivity contribution < 1.29 is 0 Å². The minimum Gasteiger partial charge on any atom is -0.244 e. The van der Waals surface area contributed by atoms with Crippen LogP contribution in [0.2, 0.25) is 0 Å². The van der Waals surface area contributed by atoms with Crippen LogP contribution in [0.5, 0.6) is 0 Å². The summed E-state index contributed by atoms with van der Waals surface area (Å²) < 4.78 is 0. The van der Waals surface area contributed by atoms with Crippen LogP contribution in [0.3, 0.4) is 0 Å². The Balaban J connectivity index is 2.64. The average Bonchev–Trinajstić information content (AvgIpc) is 2.54. The molecule has 0 aliphatic rings. The van der Waals surface area contributed by atoms with Gasteiger partial charge in [0.1, 0.15) is 0 Å². The Morgan fingerprint density at radius 1 is 0.367 bits per heavy atom. The van der Waals surface area contributed by atoms with E-state index in [9.17, 15) is 0 Å². The molecular formula is C28H40N2. The smallest absolute Gasteiger partial charge is 0.0935 e. The van der Waals surface area contributed by atoms with Crippen LogP contribution < -0.4 is 0 Å². The van der Waals surface area contributed by atoms with Crippen LogP contribution >= 0.6 is 0 Å². The van der Waals surface area contributed by atoms with Crippen LogP contribution in [0.25, 0.3) is 22.1 Å². The van der Waals surface area contributed by atoms with Gasteiger partial charge in [0.05, 0.1) is 22.1 Å². The SMILES string of the molecule is CC(C)(C)c1ccc(C(C)(C)C)c2nc3c(C(C)(C)C)ccc(C(C)(C)C)c3nc12. The van der Waals surface area contributed by atoms with Gasteiger partial charge in [-0.05, 0) is 43.9 Å². The number of fused-ring (bicyclic) bond motifs is 2. The van der Waals surface area contributed by atoms with Gasteiger partial charge in [-0.15, -0.1) is 0 Å². The number of rotatable bonds is 0. The quantitative estimate of drug-likeness (QED) is 0.355. The van der Waals surface area contributed by atoms with Gasteiger partial charge in [0.15, 0.2) is 0 Å². The Hall–Kier alpha value is -1.96. The van der Waals surface area contributed by atoms with Gasteiger partial charge >= 0.3 is 0 Å². The Bertz CT molecular complexity index is 931. The summed E-state index contributed by atoms with van der Waals surface area (Å²) in [5.41, 5.74) is 9.28. The van der Waals surface area contributed by atoms with E-state index in [0.717, 1.165) is 22.1 Å². The third-order valence-corrected chi connectivity index (χ3v) is 5.98. The summed E-state index contributed by atoms with van der Waals surface area (Å²) in [5, 5.41) is 0. The summed E-state index contributed by atoms with van der Waals surface area (Å²) in [4.78, 5) is 10.8. The second-order valence-corrected chi connectivity index (χ2v) is 12.9. The predicted molar refractivity (Wildman–Crippen MR) is 132 cm³/mol. The van der Waals surface area contributed by atoms with Gasteiger partial charge in [-0.3, -0.25) is 0 Å². The molecule has 1 aromatic heterocycles. The summed E-state index contributed by atoms with van der Waals surface area (Å²) >= 11 is 0. The highest BCUT2D eigenvalue weighted by Gasteiger charge is 2.29. The molecule has 0 saturated heterocycles. The fourth-order valence-electron chi connectivity index (χ4n) is 4.26. The van der Waals surface area contributed by atoms with Crippen molar-refractivity contribution in [2.75, 3.05) is 0 Å². The molecule has 0 aliphatic carbocycles. The molecule has 0 radical (unpaired) electrons. The summed E-state index contributed by atoms with van der Waals surface area (Å²) in [5.74, 6) is 0. The molecule has 0 aliphatic heterocycles. The van der Waals surface area contributed by atoms with Crippen molar-refractivity contribution in [1.82, 2.24) is 9.97 Å². The van der Waals surface area contributed by atoms with Gasteiger partial charge in [-0.1, -0.05) is 107 Å². The molecule has 1 heterocycles. The van der Waals surface area contributed by atoms with E-state index in [4.69, 9.17) is 9.97 Å². The minimum atomic E-state index is 0.000550. The van der Waals surface area contributed by atoms with E-state index >= 15 is 0 Å². The van der Waals surface area contributed by atoms with Crippen molar-refractivity contribution in [3.05, 3.63) is 46.5 Å². The standard InChI is InChI=1S/C28H40N2/c1-25(2,3)17-13-14-18(26(4,5)6)22-21(17)29-23-19(27(7,8)9)15-16-20(24(23)30-22)28(10,11)12/h13-16H,1-12H3. The molecule has 30 heavy (non-hydrogen) atoms. The van der Waals surface area contributed by atoms with Gasteiger partial charge < -0.3 is 0 Å². The molecule has 0 saturated carbocycles. The largest absolute Gasteiger partial charge is 0.244 e. The first-order chi connectivity index (χ1) is 13.4. The molecular weight excluding hydrogens is 364 g/mol. The maximum atomic E-state index is 5.40. The molecule has 0 spiro atoms. The van der Waals surface area contributed by atoms with Crippen molar-refractivity contribution >= 4 is 22.1 Å². The van der Waals surface area contributed by atoms with Crippen LogP contribution in [0, 0.1) is 0 Å². The summed E-state index contributed by atoms with van der Waals surface area (Å²) in [6.07, 6.45) is 0. The van der Waals surface area contributed by atoms with Crippen LogP contribution in [-0.2, 0) is 21.7 Å². The first kappa shape index (κ1) is 22.7. The lowest BCUT2D eigenvalue weighted by Crippen LogP contribution is -2.20. The molecule has 2 nitrogen and oxygen atoms in total. The van der Waals surface area contributed by atoms with E-state index in [1.807, 2.05) is 0 Å². The molecule has 0 amide bonds. The molecule has 0 unspecified atom stereocenters. The molecule has 0 N–H and O–H groups in total. The number of hydrogen-bond donors (Lipinski definition) is 0. The van der Waals surface area contributed by atoms with Crippen LogP contribution in [-0.4, -0.2) is 9.97 Å². The molecule has 3 aromatic rings. The second kappa shape index (κ2) is 6.77. The molecule has 3 rings (SSSR count). The van der Waals surface area contributed by atoms with Crippen molar-refractivity contribution in [1.29, 1.82) is 0 Å². The van der Waals surface area contributed by atoms with Crippen molar-refractivity contribution in [3.8, 4) is 0 Å². The van der Waals surface area contributed by atoms with E-state index in [-0.39, 0.29) is 21.7 Å². The Labute approximate surface area is 183 Å². The monoisotopic (exact) mass is 404 g/mol. The van der Waals surface area contributed by atoms with E-state index in [1.165, 1.54) is 22.3 Å². The third kappa shape index (κ3) is 3.98. The first-order valence-electron chi connectivity index (χ1n) is 11.2. The van der Waals surface area contributed by atoms with E-state index in [2.05, 4.69) is 107 Å². The van der Waals surface area contributed by atoms with Crippen molar-refractivity contribution in [2.45, 2.75) is 105 Å². The van der Waals surface area contributed by atoms with Gasteiger partial charge in [0.25, 0.3) is 0 Å². The van der Waals surface area contributed by atoms with E-state index in [0.29, 0.717) is 0 Å². The van der Waals surface area contributed by atoms with Gasteiger partial charge in [-0.25, -0.2) is 9.97 Å². The Morgan fingerprint density at radius 3 is 0.667 bits per heavy atom. The highest BCUT2D eigenvalue weighted by molar-refractivity contribution is 5.94. The molecule has 2 aromatic carbocycles. The fourth-order valence-corrected chi connectivity index (χ4v) is 4.26. The zero-order chi connectivity index (χ0) is 22.9. The molecule has 162 valence electrons. The average molecular weight is 405 g/mol. The lowest BCUT2D eigenvalue weighted by molar-refractivity contribution is 0.579. The number of benzene rings is 2. The van der Waals surface area contributed by atoms with E-state index in [1.54, 1.807) is 0 Å². The highest BCUT2D eigenvalue weighted by Crippen LogP contribution is 2.40. The highest BCUT2D eigenvalue weighted by atomic mass is 14.8. The van der Waals surface area contributed by atoms with Gasteiger partial charge in [0.2, 0.25) is 0 Å². The fraction of sp³-hybridized carbons (Fsp3) is 0.571. The van der Waals surface area contributed by atoms with E-state index < -0.39 is 0 Å². The zero-order valence-electron chi connectivity index (χ0n) is 21.2. The lowest BCUT2D eigenvalue weighted by atomic mass is 9.79. The number of hydrogen-bond acceptors (Lipinski definition) is 2. The lowest BCUT2D eigenvalue weighted by Gasteiger charge is -2.29. The molecule has 2 heteroatoms. The Morgan fingerprint density at radius 2 is 0.533 bits per heavy atom. The summed E-state index contributed by atoms with van der Waals surface area (Å²) in [6.45, 7) is 27.2. The van der Waals surface area contributed by atoms with Crippen molar-refractivity contribution in [2.24, 2.45) is 0 Å². The zero-order valence-corrected chi connectivity index (χ0v) is 21.2. The van der Waals surface area contributed by atoms with Gasteiger partial charge in [-0.2, -0.15) is 0 Å². The molecule has 0 fully saturated rings. The molecule has 0 atom stereocenters. The van der Waals surface area contributed by atoms with Crippen LogP contribution in [0.1, 0.15) is 105 Å². The van der Waals surface area contributed by atoms with Crippen molar-refractivity contribution in [3.63, 3.8) is 0 Å². The predicted octanol–water partition coefficient (Wildman–Crippen LogP) is 7.97. The topological polar surface area (TPSA) is 25.8 Å². The van der Waals surface area contributed by atoms with Gasteiger partial charge in [0, 0.05) is 0 Å².